The van der Waals surface area contributed by atoms with Gasteiger partial charge in [-0.2, -0.15) is 0 Å². The molecule has 7 heteroatoms. The summed E-state index contributed by atoms with van der Waals surface area (Å²) in [4.78, 5) is 0. The fraction of sp³-hybridized carbons (Fsp3) is 0.793. The second-order valence-corrected chi connectivity index (χ2v) is 11.7. The van der Waals surface area contributed by atoms with Gasteiger partial charge in [-0.1, -0.05) is 141 Å². The molecule has 1 aliphatic rings. The first-order valence-corrected chi connectivity index (χ1v) is 16.0. The molecule has 1 aromatic rings. The predicted octanol–water partition coefficient (Wildman–Crippen LogP) is 5.92. The van der Waals surface area contributed by atoms with Crippen LogP contribution in [0.3, 0.4) is 0 Å². The smallest absolute Gasteiger partial charge is 0.731 e. The molecule has 1 atom stereocenters. The summed E-state index contributed by atoms with van der Waals surface area (Å²) in [6, 6.07) is 7.13. The summed E-state index contributed by atoms with van der Waals surface area (Å²) in [5.41, 5.74) is 1.20. The molecule has 2 rings (SSSR count). The number of para-hydroxylation sites is 2. The van der Waals surface area contributed by atoms with Crippen LogP contribution >= 0.6 is 0 Å². The van der Waals surface area contributed by atoms with E-state index in [-0.39, 0.29) is 51.4 Å². The van der Waals surface area contributed by atoms with Crippen molar-refractivity contribution in [1.29, 1.82) is 0 Å². The first-order chi connectivity index (χ1) is 17.0. The van der Waals surface area contributed by atoms with Gasteiger partial charge in [-0.25, -0.2) is 8.42 Å². The molecule has 202 valence electrons. The van der Waals surface area contributed by atoms with Gasteiger partial charge in [-0.05, 0) is 25.0 Å². The van der Waals surface area contributed by atoms with Crippen molar-refractivity contribution in [2.75, 3.05) is 9.62 Å². The van der Waals surface area contributed by atoms with E-state index in [1.807, 2.05) is 12.1 Å². The predicted molar refractivity (Wildman–Crippen MR) is 149 cm³/mol. The molecule has 1 aromatic carbocycles. The summed E-state index contributed by atoms with van der Waals surface area (Å²) < 4.78 is 36.3. The number of fused-ring (bicyclic) bond motifs is 1. The standard InChI is InChI=1S/C29H52N2O3S.K/c1-2-3-4-5-6-7-8-9-10-11-12-13-14-15-16-17-18-19-20-21-26-29-30-27-24-22-23-25-28(27)31(29)35(32,33)34;/h22-25,29-30H,2-21,26H2,1H3,(H,32,33,34);/q;+1/p-1. The van der Waals surface area contributed by atoms with Crippen LogP contribution in [0, 0.1) is 0 Å². The summed E-state index contributed by atoms with van der Waals surface area (Å²) in [5, 5.41) is 3.20. The van der Waals surface area contributed by atoms with Gasteiger partial charge in [0.05, 0.1) is 11.4 Å². The van der Waals surface area contributed by atoms with E-state index in [1.165, 1.54) is 116 Å². The van der Waals surface area contributed by atoms with Crippen molar-refractivity contribution in [1.82, 2.24) is 0 Å². The molecule has 36 heavy (non-hydrogen) atoms. The van der Waals surface area contributed by atoms with Crippen molar-refractivity contribution in [2.45, 2.75) is 148 Å². The zero-order valence-corrected chi connectivity index (χ0v) is 27.3. The van der Waals surface area contributed by atoms with Crippen LogP contribution in [-0.2, 0) is 10.3 Å². The van der Waals surface area contributed by atoms with Crippen LogP contribution < -0.4 is 61.0 Å². The molecule has 0 saturated carbocycles. The molecule has 1 aliphatic heterocycles. The molecule has 1 N–H and O–H groups in total. The number of anilines is 2. The maximum atomic E-state index is 11.7. The van der Waals surface area contributed by atoms with E-state index in [4.69, 9.17) is 0 Å². The minimum absolute atomic E-state index is 0. The van der Waals surface area contributed by atoms with E-state index >= 15 is 0 Å². The number of hydrogen-bond acceptors (Lipinski definition) is 4. The van der Waals surface area contributed by atoms with Gasteiger partial charge in [-0.3, -0.25) is 4.31 Å². The van der Waals surface area contributed by atoms with Crippen molar-refractivity contribution in [2.24, 2.45) is 0 Å². The molecule has 0 aliphatic carbocycles. The van der Waals surface area contributed by atoms with Gasteiger partial charge in [0.1, 0.15) is 6.17 Å². The van der Waals surface area contributed by atoms with Crippen molar-refractivity contribution >= 4 is 21.7 Å². The van der Waals surface area contributed by atoms with E-state index < -0.39 is 16.5 Å². The van der Waals surface area contributed by atoms with E-state index in [0.717, 1.165) is 22.8 Å². The normalized spacial score (nSPS) is 14.9. The van der Waals surface area contributed by atoms with Crippen LogP contribution in [0.25, 0.3) is 0 Å². The van der Waals surface area contributed by atoms with Crippen LogP contribution in [0.5, 0.6) is 0 Å². The Morgan fingerprint density at radius 3 is 1.50 bits per heavy atom. The summed E-state index contributed by atoms with van der Waals surface area (Å²) in [6.45, 7) is 2.28. The Balaban J connectivity index is 0.00000648. The SMILES string of the molecule is CCCCCCCCCCCCCCCCCCCCCCC1Nc2ccccc2N1S(=O)(=O)[O-].[K+]. The largest absolute Gasteiger partial charge is 1.00 e. The monoisotopic (exact) mass is 546 g/mol. The molecule has 1 unspecified atom stereocenters. The topological polar surface area (TPSA) is 72.5 Å². The number of hydrogen-bond donors (Lipinski definition) is 1. The first kappa shape index (κ1) is 34.4. The third-order valence-electron chi connectivity index (χ3n) is 7.32. The van der Waals surface area contributed by atoms with Crippen molar-refractivity contribution in [3.8, 4) is 0 Å². The molecular formula is C29H51KN2O3S. The van der Waals surface area contributed by atoms with Crippen LogP contribution in [0.15, 0.2) is 24.3 Å². The summed E-state index contributed by atoms with van der Waals surface area (Å²) in [6.07, 6.45) is 27.0. The van der Waals surface area contributed by atoms with Gasteiger partial charge >= 0.3 is 51.4 Å². The van der Waals surface area contributed by atoms with Gasteiger partial charge in [0.2, 0.25) is 0 Å². The van der Waals surface area contributed by atoms with Gasteiger partial charge < -0.3 is 9.87 Å². The molecule has 0 bridgehead atoms. The third kappa shape index (κ3) is 14.5. The summed E-state index contributed by atoms with van der Waals surface area (Å²) >= 11 is 0. The first-order valence-electron chi connectivity index (χ1n) is 14.6. The summed E-state index contributed by atoms with van der Waals surface area (Å²) in [7, 11) is -4.52. The Kier molecular flexibility index (Phi) is 20.3. The van der Waals surface area contributed by atoms with E-state index in [9.17, 15) is 13.0 Å². The summed E-state index contributed by atoms with van der Waals surface area (Å²) in [5.74, 6) is 0. The number of benzene rings is 1. The van der Waals surface area contributed by atoms with Gasteiger partial charge in [0.15, 0.2) is 10.3 Å². The van der Waals surface area contributed by atoms with E-state index in [0.29, 0.717) is 12.1 Å². The molecule has 1 heterocycles. The zero-order valence-electron chi connectivity index (χ0n) is 23.3. The van der Waals surface area contributed by atoms with Crippen molar-refractivity contribution < 1.29 is 64.4 Å². The van der Waals surface area contributed by atoms with Gasteiger partial charge in [0.25, 0.3) is 0 Å². The van der Waals surface area contributed by atoms with Crippen LogP contribution in [0.1, 0.15) is 142 Å². The quantitative estimate of drug-likeness (QED) is 0.111. The average Bonchev–Trinajstić information content (AvgIpc) is 3.21. The number of rotatable bonds is 22. The Morgan fingerprint density at radius 1 is 0.694 bits per heavy atom. The van der Waals surface area contributed by atoms with Crippen molar-refractivity contribution in [3.63, 3.8) is 0 Å². The van der Waals surface area contributed by atoms with Crippen LogP contribution in [0.2, 0.25) is 0 Å². The molecule has 0 saturated heterocycles. The number of unbranched alkanes of at least 4 members (excludes halogenated alkanes) is 19. The Labute approximate surface area is 265 Å². The maximum Gasteiger partial charge on any atom is 1.00 e. The van der Waals surface area contributed by atoms with Gasteiger partial charge in [-0.15, -0.1) is 0 Å². The second kappa shape index (κ2) is 21.2. The van der Waals surface area contributed by atoms with Gasteiger partial charge in [0, 0.05) is 0 Å². The Bertz CT molecular complexity index is 776. The van der Waals surface area contributed by atoms with Crippen LogP contribution in [0.4, 0.5) is 11.4 Å². The average molecular weight is 547 g/mol. The van der Waals surface area contributed by atoms with E-state index in [1.54, 1.807) is 12.1 Å². The maximum absolute atomic E-state index is 11.7. The fourth-order valence-electron chi connectivity index (χ4n) is 5.25. The number of nitrogens with zero attached hydrogens (tertiary/aromatic N) is 1. The number of nitrogens with one attached hydrogen (secondary N) is 1. The minimum atomic E-state index is -4.52. The molecule has 0 radical (unpaired) electrons. The Hall–Kier alpha value is 0.366. The molecular weight excluding hydrogens is 495 g/mol. The second-order valence-electron chi connectivity index (χ2n) is 10.4. The molecule has 0 spiro atoms. The van der Waals surface area contributed by atoms with E-state index in [2.05, 4.69) is 12.2 Å². The Morgan fingerprint density at radius 2 is 1.08 bits per heavy atom. The fourth-order valence-corrected chi connectivity index (χ4v) is 6.12. The van der Waals surface area contributed by atoms with Crippen molar-refractivity contribution in [3.05, 3.63) is 24.3 Å². The van der Waals surface area contributed by atoms with Crippen LogP contribution in [-0.4, -0.2) is 19.1 Å². The zero-order chi connectivity index (χ0) is 25.2. The molecule has 5 nitrogen and oxygen atoms in total. The third-order valence-corrected chi connectivity index (χ3v) is 8.25. The minimum Gasteiger partial charge on any atom is -0.731 e. The molecule has 0 amide bonds. The molecule has 0 fully saturated rings. The molecule has 0 aromatic heterocycles.